The van der Waals surface area contributed by atoms with Crippen molar-refractivity contribution >= 4 is 21.6 Å². The summed E-state index contributed by atoms with van der Waals surface area (Å²) in [4.78, 5) is 14.4. The molecule has 138 valence electrons. The van der Waals surface area contributed by atoms with Gasteiger partial charge in [0.15, 0.2) is 0 Å². The molecular formula is C19H21FN2O3S. The molecule has 1 amide bonds. The van der Waals surface area contributed by atoms with E-state index in [0.29, 0.717) is 11.3 Å². The Morgan fingerprint density at radius 3 is 2.31 bits per heavy atom. The number of benzene rings is 2. The number of rotatable bonds is 3. The van der Waals surface area contributed by atoms with Crippen molar-refractivity contribution in [1.29, 1.82) is 0 Å². The molecule has 1 heterocycles. The lowest BCUT2D eigenvalue weighted by atomic mass is 10.1. The quantitative estimate of drug-likeness (QED) is 0.828. The van der Waals surface area contributed by atoms with Gasteiger partial charge in [0.1, 0.15) is 11.9 Å². The Balaban J connectivity index is 1.87. The molecule has 1 atom stereocenters. The van der Waals surface area contributed by atoms with Crippen LogP contribution in [0.4, 0.5) is 10.1 Å². The molecule has 3 rings (SSSR count). The molecule has 2 aromatic carbocycles. The van der Waals surface area contributed by atoms with E-state index in [4.69, 9.17) is 0 Å². The van der Waals surface area contributed by atoms with Crippen LogP contribution in [0.15, 0.2) is 47.4 Å². The first kappa shape index (κ1) is 18.5. The van der Waals surface area contributed by atoms with E-state index in [0.717, 1.165) is 5.56 Å². The van der Waals surface area contributed by atoms with E-state index in [-0.39, 0.29) is 23.9 Å². The molecular weight excluding hydrogens is 355 g/mol. The molecule has 26 heavy (non-hydrogen) atoms. The monoisotopic (exact) mass is 376 g/mol. The lowest BCUT2D eigenvalue weighted by Crippen LogP contribution is -2.57. The van der Waals surface area contributed by atoms with Gasteiger partial charge in [-0.1, -0.05) is 23.8 Å². The Hall–Kier alpha value is -2.25. The number of amides is 1. The highest BCUT2D eigenvalue weighted by molar-refractivity contribution is 7.89. The Morgan fingerprint density at radius 2 is 1.69 bits per heavy atom. The first-order chi connectivity index (χ1) is 12.2. The second-order valence-electron chi connectivity index (χ2n) is 6.53. The highest BCUT2D eigenvalue weighted by Gasteiger charge is 2.39. The van der Waals surface area contributed by atoms with Crippen LogP contribution in [0.25, 0.3) is 0 Å². The van der Waals surface area contributed by atoms with Crippen molar-refractivity contribution in [2.75, 3.05) is 18.0 Å². The molecule has 1 saturated heterocycles. The van der Waals surface area contributed by atoms with Gasteiger partial charge in [-0.2, -0.15) is 4.31 Å². The van der Waals surface area contributed by atoms with E-state index in [1.165, 1.54) is 15.3 Å². The van der Waals surface area contributed by atoms with Crippen LogP contribution in [0.3, 0.4) is 0 Å². The number of carbonyl (C=O) groups excluding carboxylic acids is 1. The molecule has 0 radical (unpaired) electrons. The van der Waals surface area contributed by atoms with E-state index >= 15 is 0 Å². The van der Waals surface area contributed by atoms with Crippen LogP contribution in [0, 0.1) is 19.7 Å². The van der Waals surface area contributed by atoms with Gasteiger partial charge in [0.05, 0.1) is 4.90 Å². The van der Waals surface area contributed by atoms with Gasteiger partial charge < -0.3 is 4.90 Å². The number of halogens is 1. The predicted molar refractivity (Wildman–Crippen MR) is 98.0 cm³/mol. The van der Waals surface area contributed by atoms with Crippen molar-refractivity contribution in [2.45, 2.75) is 31.7 Å². The zero-order valence-corrected chi connectivity index (χ0v) is 15.8. The molecule has 0 aromatic heterocycles. The van der Waals surface area contributed by atoms with Crippen LogP contribution < -0.4 is 4.90 Å². The SMILES string of the molecule is Cc1ccc(S(=O)(=O)N2CCN(c3ccc(C)c(F)c3)C(=O)[C@@H]2C)cc1. The largest absolute Gasteiger partial charge is 0.310 e. The summed E-state index contributed by atoms with van der Waals surface area (Å²) in [5, 5.41) is 0. The Morgan fingerprint density at radius 1 is 1.04 bits per heavy atom. The van der Waals surface area contributed by atoms with Crippen LogP contribution in [0.2, 0.25) is 0 Å². The van der Waals surface area contributed by atoms with E-state index in [1.807, 2.05) is 6.92 Å². The number of hydrogen-bond acceptors (Lipinski definition) is 3. The van der Waals surface area contributed by atoms with E-state index in [2.05, 4.69) is 0 Å². The Bertz CT molecular complexity index is 942. The second kappa shape index (κ2) is 6.81. The summed E-state index contributed by atoms with van der Waals surface area (Å²) in [5.74, 6) is -0.757. The number of aryl methyl sites for hydroxylation is 2. The van der Waals surface area contributed by atoms with Crippen molar-refractivity contribution in [1.82, 2.24) is 4.31 Å². The molecule has 0 unspecified atom stereocenters. The molecule has 1 aliphatic rings. The fraction of sp³-hybridized carbons (Fsp3) is 0.316. The number of hydrogen-bond donors (Lipinski definition) is 0. The third kappa shape index (κ3) is 3.24. The van der Waals surface area contributed by atoms with Crippen molar-refractivity contribution in [3.05, 3.63) is 59.4 Å². The zero-order valence-electron chi connectivity index (χ0n) is 14.9. The fourth-order valence-corrected chi connectivity index (χ4v) is 4.61. The van der Waals surface area contributed by atoms with Crippen molar-refractivity contribution in [3.63, 3.8) is 0 Å². The number of piperazine rings is 1. The molecule has 1 aliphatic heterocycles. The van der Waals surface area contributed by atoms with E-state index in [1.54, 1.807) is 50.2 Å². The summed E-state index contributed by atoms with van der Waals surface area (Å²) in [6, 6.07) is 10.3. The van der Waals surface area contributed by atoms with Crippen LogP contribution in [-0.4, -0.2) is 37.8 Å². The summed E-state index contributed by atoms with van der Waals surface area (Å²) in [6.07, 6.45) is 0. The van der Waals surface area contributed by atoms with Gasteiger partial charge in [0, 0.05) is 18.8 Å². The second-order valence-corrected chi connectivity index (χ2v) is 8.42. The minimum Gasteiger partial charge on any atom is -0.310 e. The normalized spacial score (nSPS) is 19.0. The molecule has 0 aliphatic carbocycles. The highest BCUT2D eigenvalue weighted by atomic mass is 32.2. The average molecular weight is 376 g/mol. The lowest BCUT2D eigenvalue weighted by molar-refractivity contribution is -0.123. The van der Waals surface area contributed by atoms with Crippen LogP contribution in [0.5, 0.6) is 0 Å². The molecule has 0 spiro atoms. The lowest BCUT2D eigenvalue weighted by Gasteiger charge is -2.38. The first-order valence-electron chi connectivity index (χ1n) is 8.38. The van der Waals surface area contributed by atoms with E-state index < -0.39 is 21.9 Å². The third-order valence-electron chi connectivity index (χ3n) is 4.69. The van der Waals surface area contributed by atoms with Crippen LogP contribution >= 0.6 is 0 Å². The third-order valence-corrected chi connectivity index (χ3v) is 6.68. The molecule has 5 nitrogen and oxygen atoms in total. The highest BCUT2D eigenvalue weighted by Crippen LogP contribution is 2.26. The maximum Gasteiger partial charge on any atom is 0.245 e. The molecule has 7 heteroatoms. The minimum absolute atomic E-state index is 0.151. The molecule has 0 saturated carbocycles. The zero-order chi connectivity index (χ0) is 19.1. The van der Waals surface area contributed by atoms with E-state index in [9.17, 15) is 17.6 Å². The van der Waals surface area contributed by atoms with Crippen LogP contribution in [-0.2, 0) is 14.8 Å². The van der Waals surface area contributed by atoms with Crippen molar-refractivity contribution in [2.24, 2.45) is 0 Å². The van der Waals surface area contributed by atoms with Gasteiger partial charge in [-0.25, -0.2) is 12.8 Å². The number of anilines is 1. The summed E-state index contributed by atoms with van der Waals surface area (Å²) in [5.41, 5.74) is 1.89. The minimum atomic E-state index is -3.77. The number of carbonyl (C=O) groups is 1. The van der Waals surface area contributed by atoms with Crippen molar-refractivity contribution in [3.8, 4) is 0 Å². The summed E-state index contributed by atoms with van der Waals surface area (Å²) < 4.78 is 40.8. The summed E-state index contributed by atoms with van der Waals surface area (Å²) in [7, 11) is -3.77. The Kier molecular flexibility index (Phi) is 4.86. The smallest absolute Gasteiger partial charge is 0.245 e. The average Bonchev–Trinajstić information content (AvgIpc) is 2.60. The van der Waals surface area contributed by atoms with Gasteiger partial charge in [0.25, 0.3) is 0 Å². The van der Waals surface area contributed by atoms with Gasteiger partial charge in [0.2, 0.25) is 15.9 Å². The molecule has 0 N–H and O–H groups in total. The van der Waals surface area contributed by atoms with Gasteiger partial charge in [-0.05, 0) is 50.6 Å². The molecule has 0 bridgehead atoms. The maximum absolute atomic E-state index is 13.8. The van der Waals surface area contributed by atoms with Gasteiger partial charge in [-0.15, -0.1) is 0 Å². The fourth-order valence-electron chi connectivity index (χ4n) is 3.03. The molecule has 2 aromatic rings. The summed E-state index contributed by atoms with van der Waals surface area (Å²) in [6.45, 7) is 5.41. The maximum atomic E-state index is 13.8. The predicted octanol–water partition coefficient (Wildman–Crippen LogP) is 2.87. The van der Waals surface area contributed by atoms with Gasteiger partial charge in [-0.3, -0.25) is 4.79 Å². The van der Waals surface area contributed by atoms with Crippen molar-refractivity contribution < 1.29 is 17.6 Å². The van der Waals surface area contributed by atoms with Crippen LogP contribution in [0.1, 0.15) is 18.1 Å². The first-order valence-corrected chi connectivity index (χ1v) is 9.82. The van der Waals surface area contributed by atoms with Gasteiger partial charge >= 0.3 is 0 Å². The summed E-state index contributed by atoms with van der Waals surface area (Å²) >= 11 is 0. The number of sulfonamides is 1. The Labute approximate surface area is 153 Å². The standard InChI is InChI=1S/C19H21FN2O3S/c1-13-4-8-17(9-5-13)26(24,25)22-11-10-21(19(23)15(22)3)16-7-6-14(2)18(20)12-16/h4-9,12,15H,10-11H2,1-3H3/t15-/m0/s1. The number of nitrogens with zero attached hydrogens (tertiary/aromatic N) is 2. The molecule has 1 fully saturated rings. The topological polar surface area (TPSA) is 57.7 Å².